The highest BCUT2D eigenvalue weighted by Crippen LogP contribution is 2.30. The highest BCUT2D eigenvalue weighted by atomic mass is 35.5. The molecule has 0 heterocycles. The summed E-state index contributed by atoms with van der Waals surface area (Å²) >= 11 is 7.49. The van der Waals surface area contributed by atoms with E-state index < -0.39 is 15.8 Å². The maximum atomic E-state index is 13.7. The summed E-state index contributed by atoms with van der Waals surface area (Å²) in [6.45, 7) is -0.0168. The van der Waals surface area contributed by atoms with Crippen LogP contribution in [0.4, 0.5) is 4.39 Å². The number of sulfonamides is 1. The molecule has 0 bridgehead atoms. The molecule has 118 valence electrons. The Morgan fingerprint density at radius 2 is 2.19 bits per heavy atom. The van der Waals surface area contributed by atoms with Gasteiger partial charge in [0.05, 0.1) is 9.92 Å². The van der Waals surface area contributed by atoms with Crippen LogP contribution in [-0.2, 0) is 16.6 Å². The molecule has 0 amide bonds. The van der Waals surface area contributed by atoms with Gasteiger partial charge in [0.2, 0.25) is 10.0 Å². The summed E-state index contributed by atoms with van der Waals surface area (Å²) in [6, 6.07) is 2.16. The first kappa shape index (κ1) is 17.0. The van der Waals surface area contributed by atoms with E-state index in [9.17, 15) is 12.8 Å². The van der Waals surface area contributed by atoms with Crippen LogP contribution in [0.3, 0.4) is 0 Å². The monoisotopic (exact) mass is 352 g/mol. The van der Waals surface area contributed by atoms with Gasteiger partial charge in [-0.05, 0) is 43.2 Å². The van der Waals surface area contributed by atoms with Gasteiger partial charge >= 0.3 is 0 Å². The van der Waals surface area contributed by atoms with Crippen LogP contribution >= 0.6 is 23.4 Å². The van der Waals surface area contributed by atoms with Gasteiger partial charge in [-0.15, -0.1) is 0 Å². The Balaban J connectivity index is 2.22. The normalized spacial score (nSPS) is 22.7. The molecular formula is C13H18ClFN2O2S2. The van der Waals surface area contributed by atoms with E-state index in [2.05, 4.69) is 4.72 Å². The highest BCUT2D eigenvalue weighted by Gasteiger charge is 2.29. The number of rotatable bonds is 5. The third-order valence-electron chi connectivity index (χ3n) is 3.65. The van der Waals surface area contributed by atoms with Crippen molar-refractivity contribution in [1.82, 2.24) is 4.72 Å². The predicted octanol–water partition coefficient (Wildman–Crippen LogP) is 2.50. The lowest BCUT2D eigenvalue weighted by Gasteiger charge is -2.14. The largest absolute Gasteiger partial charge is 0.326 e. The second-order valence-corrected chi connectivity index (χ2v) is 8.30. The zero-order valence-electron chi connectivity index (χ0n) is 11.6. The van der Waals surface area contributed by atoms with Crippen LogP contribution in [0, 0.1) is 5.82 Å². The lowest BCUT2D eigenvalue weighted by molar-refractivity contribution is 0.550. The van der Waals surface area contributed by atoms with E-state index in [1.807, 2.05) is 6.26 Å². The number of hydrogen-bond acceptors (Lipinski definition) is 4. The van der Waals surface area contributed by atoms with E-state index in [-0.39, 0.29) is 28.1 Å². The highest BCUT2D eigenvalue weighted by molar-refractivity contribution is 7.99. The maximum absolute atomic E-state index is 13.7. The first-order valence-corrected chi connectivity index (χ1v) is 9.75. The number of thioether (sulfide) groups is 1. The van der Waals surface area contributed by atoms with Crippen molar-refractivity contribution in [2.75, 3.05) is 6.26 Å². The molecule has 0 aliphatic heterocycles. The van der Waals surface area contributed by atoms with E-state index in [1.54, 1.807) is 11.8 Å². The van der Waals surface area contributed by atoms with E-state index >= 15 is 0 Å². The summed E-state index contributed by atoms with van der Waals surface area (Å²) in [6.07, 6.45) is 4.59. The molecule has 2 atom stereocenters. The van der Waals surface area contributed by atoms with Gasteiger partial charge in [-0.3, -0.25) is 0 Å². The lowest BCUT2D eigenvalue weighted by atomic mass is 10.2. The SMILES string of the molecule is CSC1CCC(NS(=O)(=O)c2cc(F)c(Cl)c(CN)c2)C1. The van der Waals surface area contributed by atoms with Gasteiger partial charge in [0.15, 0.2) is 0 Å². The quantitative estimate of drug-likeness (QED) is 0.854. The Hall–Kier alpha value is -0.340. The fourth-order valence-corrected chi connectivity index (χ4v) is 4.80. The Kier molecular flexibility index (Phi) is 5.54. The minimum absolute atomic E-state index is 0.0168. The first-order valence-electron chi connectivity index (χ1n) is 6.60. The summed E-state index contributed by atoms with van der Waals surface area (Å²) in [5.74, 6) is -0.770. The zero-order valence-corrected chi connectivity index (χ0v) is 14.0. The van der Waals surface area contributed by atoms with Crippen LogP contribution in [0.1, 0.15) is 24.8 Å². The van der Waals surface area contributed by atoms with Crippen molar-refractivity contribution >= 4 is 33.4 Å². The molecule has 2 unspecified atom stereocenters. The average Bonchev–Trinajstić information content (AvgIpc) is 2.88. The molecule has 4 nitrogen and oxygen atoms in total. The number of benzene rings is 1. The maximum Gasteiger partial charge on any atom is 0.240 e. The van der Waals surface area contributed by atoms with Crippen LogP contribution in [0.15, 0.2) is 17.0 Å². The molecule has 21 heavy (non-hydrogen) atoms. The van der Waals surface area contributed by atoms with Crippen LogP contribution in [-0.4, -0.2) is 26.0 Å². The Morgan fingerprint density at radius 1 is 1.48 bits per heavy atom. The summed E-state index contributed by atoms with van der Waals surface area (Å²) in [7, 11) is -3.76. The van der Waals surface area contributed by atoms with Crippen LogP contribution in [0.2, 0.25) is 5.02 Å². The van der Waals surface area contributed by atoms with Crippen molar-refractivity contribution in [3.8, 4) is 0 Å². The van der Waals surface area contributed by atoms with Crippen LogP contribution in [0.5, 0.6) is 0 Å². The molecule has 0 radical (unpaired) electrons. The molecule has 8 heteroatoms. The second-order valence-electron chi connectivity index (χ2n) is 5.07. The van der Waals surface area contributed by atoms with Crippen LogP contribution in [0.25, 0.3) is 0 Å². The number of hydrogen-bond donors (Lipinski definition) is 2. The Morgan fingerprint density at radius 3 is 2.76 bits per heavy atom. The third-order valence-corrected chi connectivity index (χ3v) is 6.66. The van der Waals surface area contributed by atoms with Gasteiger partial charge < -0.3 is 5.73 Å². The summed E-state index contributed by atoms with van der Waals surface area (Å²) < 4.78 is 41.0. The van der Waals surface area contributed by atoms with Crippen molar-refractivity contribution in [1.29, 1.82) is 0 Å². The first-order chi connectivity index (χ1) is 9.87. The summed E-state index contributed by atoms with van der Waals surface area (Å²) in [4.78, 5) is -0.127. The molecule has 1 fully saturated rings. The summed E-state index contributed by atoms with van der Waals surface area (Å²) in [5.41, 5.74) is 5.75. The van der Waals surface area contributed by atoms with E-state index in [4.69, 9.17) is 17.3 Å². The van der Waals surface area contributed by atoms with Crippen molar-refractivity contribution < 1.29 is 12.8 Å². The molecule has 0 spiro atoms. The van der Waals surface area contributed by atoms with Gasteiger partial charge in [-0.1, -0.05) is 11.6 Å². The van der Waals surface area contributed by atoms with Gasteiger partial charge in [-0.2, -0.15) is 11.8 Å². The van der Waals surface area contributed by atoms with Crippen molar-refractivity contribution in [2.24, 2.45) is 5.73 Å². The minimum atomic E-state index is -3.76. The standard InChI is InChI=1S/C13H18ClFN2O2S2/c1-20-10-3-2-9(5-10)17-21(18,19)11-4-8(7-16)13(14)12(15)6-11/h4,6,9-10,17H,2-3,5,7,16H2,1H3. The Bertz CT molecular complexity index is 625. The van der Waals surface area contributed by atoms with Gasteiger partial charge in [0, 0.05) is 17.8 Å². The molecule has 1 saturated carbocycles. The van der Waals surface area contributed by atoms with E-state index in [1.165, 1.54) is 6.07 Å². The molecule has 1 aromatic rings. The second kappa shape index (κ2) is 6.83. The number of nitrogens with one attached hydrogen (secondary N) is 1. The molecule has 2 rings (SSSR count). The molecule has 0 aromatic heterocycles. The molecule has 1 aromatic carbocycles. The lowest BCUT2D eigenvalue weighted by Crippen LogP contribution is -2.33. The molecule has 0 saturated heterocycles. The molecule has 1 aliphatic rings. The van der Waals surface area contributed by atoms with E-state index in [0.717, 1.165) is 25.3 Å². The topological polar surface area (TPSA) is 72.2 Å². The third kappa shape index (κ3) is 3.90. The van der Waals surface area contributed by atoms with E-state index in [0.29, 0.717) is 5.25 Å². The Labute approximate surface area is 133 Å². The molecule has 1 aliphatic carbocycles. The van der Waals surface area contributed by atoms with Gasteiger partial charge in [0.25, 0.3) is 0 Å². The number of halogens is 2. The number of nitrogens with two attached hydrogens (primary N) is 1. The molecule has 3 N–H and O–H groups in total. The fraction of sp³-hybridized carbons (Fsp3) is 0.538. The minimum Gasteiger partial charge on any atom is -0.326 e. The van der Waals surface area contributed by atoms with Crippen molar-refractivity contribution in [2.45, 2.75) is 42.0 Å². The average molecular weight is 353 g/mol. The smallest absolute Gasteiger partial charge is 0.240 e. The zero-order chi connectivity index (χ0) is 15.6. The molecular weight excluding hydrogens is 335 g/mol. The van der Waals surface area contributed by atoms with Crippen LogP contribution < -0.4 is 10.5 Å². The van der Waals surface area contributed by atoms with Crippen molar-refractivity contribution in [3.63, 3.8) is 0 Å². The fourth-order valence-electron chi connectivity index (χ4n) is 2.47. The van der Waals surface area contributed by atoms with Crippen molar-refractivity contribution in [3.05, 3.63) is 28.5 Å². The predicted molar refractivity (Wildman–Crippen MR) is 84.6 cm³/mol. The summed E-state index contributed by atoms with van der Waals surface area (Å²) in [5, 5.41) is 0.346. The van der Waals surface area contributed by atoms with Gasteiger partial charge in [-0.25, -0.2) is 17.5 Å². The van der Waals surface area contributed by atoms with Gasteiger partial charge in [0.1, 0.15) is 5.82 Å².